The number of hydrogen-bond donors (Lipinski definition) is 15. The number of aliphatic hydroxyl groups is 10. The van der Waals surface area contributed by atoms with Crippen LogP contribution in [0.25, 0.3) is 5.69 Å². The molecule has 3 aromatic rings. The third-order valence-corrected chi connectivity index (χ3v) is 7.10. The van der Waals surface area contributed by atoms with Crippen molar-refractivity contribution in [1.29, 1.82) is 0 Å². The van der Waals surface area contributed by atoms with Gasteiger partial charge in [-0.1, -0.05) is 0 Å². The number of amides is 3. The van der Waals surface area contributed by atoms with Gasteiger partial charge in [0.1, 0.15) is 22.8 Å². The SMILES string of the molecule is COc1ccc(-n2nc(C(N)=O)c3c2C(=O)N(c2c(O)c(O)c(N(CC(O)(O)C(O)O)C(=O)C(O)O)c(O)c2O)C(O)(O)C3(O)O)cc1. The van der Waals surface area contributed by atoms with E-state index in [-0.39, 0.29) is 16.3 Å². The zero-order valence-electron chi connectivity index (χ0n) is 23.9. The third-order valence-electron chi connectivity index (χ3n) is 7.10. The predicted molar refractivity (Wildman–Crippen MR) is 148 cm³/mol. The van der Waals surface area contributed by atoms with Crippen molar-refractivity contribution in [3.8, 4) is 34.4 Å². The van der Waals surface area contributed by atoms with Crippen LogP contribution in [0.5, 0.6) is 28.7 Å². The molecule has 0 saturated carbocycles. The normalized spacial score (nSPS) is 15.5. The van der Waals surface area contributed by atoms with Gasteiger partial charge in [-0.25, -0.2) is 9.58 Å². The first-order valence-corrected chi connectivity index (χ1v) is 12.8. The Hall–Kier alpha value is -5.34. The van der Waals surface area contributed by atoms with Crippen LogP contribution in [0.3, 0.4) is 0 Å². The molecule has 23 heteroatoms. The average molecular weight is 686 g/mol. The molecule has 0 radical (unpaired) electrons. The Morgan fingerprint density at radius 1 is 0.958 bits per heavy atom. The fraction of sp³-hybridized carbons (Fsp3) is 0.280. The van der Waals surface area contributed by atoms with E-state index in [9.17, 15) is 85.9 Å². The summed E-state index contributed by atoms with van der Waals surface area (Å²) in [6.07, 6.45) is -6.21. The van der Waals surface area contributed by atoms with Crippen molar-refractivity contribution in [2.45, 2.75) is 30.1 Å². The van der Waals surface area contributed by atoms with Crippen molar-refractivity contribution in [2.24, 2.45) is 5.73 Å². The Labute approximate surface area is 264 Å². The minimum Gasteiger partial charge on any atom is -0.503 e. The molecule has 0 bridgehead atoms. The summed E-state index contributed by atoms with van der Waals surface area (Å²) in [5.74, 6) is -25.3. The minimum absolute atomic E-state index is 0.138. The fourth-order valence-corrected chi connectivity index (χ4v) is 4.72. The number of phenolic OH excluding ortho intramolecular Hbond substituents is 4. The Morgan fingerprint density at radius 2 is 1.48 bits per heavy atom. The summed E-state index contributed by atoms with van der Waals surface area (Å²) in [6.45, 7) is -1.86. The van der Waals surface area contributed by atoms with Gasteiger partial charge < -0.3 is 82.0 Å². The number of rotatable bonds is 9. The number of anilines is 2. The molecule has 0 saturated heterocycles. The Bertz CT molecular complexity index is 1770. The number of carbonyl (C=O) groups is 3. The monoisotopic (exact) mass is 685 g/mol. The van der Waals surface area contributed by atoms with Crippen molar-refractivity contribution in [3.63, 3.8) is 0 Å². The highest BCUT2D eigenvalue weighted by atomic mass is 16.6. The van der Waals surface area contributed by atoms with Crippen molar-refractivity contribution >= 4 is 29.1 Å². The van der Waals surface area contributed by atoms with Crippen LogP contribution in [0.4, 0.5) is 11.4 Å². The van der Waals surface area contributed by atoms with E-state index in [4.69, 9.17) is 10.5 Å². The molecular weight excluding hydrogens is 658 g/mol. The molecule has 0 spiro atoms. The van der Waals surface area contributed by atoms with Gasteiger partial charge in [-0.05, 0) is 24.3 Å². The molecule has 1 aromatic heterocycles. The van der Waals surface area contributed by atoms with Crippen LogP contribution >= 0.6 is 0 Å². The average Bonchev–Trinajstić information content (AvgIpc) is 3.42. The van der Waals surface area contributed by atoms with E-state index >= 15 is 0 Å². The lowest BCUT2D eigenvalue weighted by atomic mass is 9.91. The van der Waals surface area contributed by atoms with Gasteiger partial charge in [0.05, 0.1) is 24.9 Å². The van der Waals surface area contributed by atoms with Crippen LogP contribution in [-0.4, -0.2) is 137 Å². The minimum atomic E-state index is -4.48. The van der Waals surface area contributed by atoms with Crippen LogP contribution in [0.2, 0.25) is 0 Å². The lowest BCUT2D eigenvalue weighted by Crippen LogP contribution is -2.68. The molecule has 16 N–H and O–H groups in total. The number of hydrogen-bond acceptors (Lipinski definition) is 19. The quantitative estimate of drug-likeness (QED) is 0.0566. The summed E-state index contributed by atoms with van der Waals surface area (Å²) < 4.78 is 5.58. The first kappa shape index (κ1) is 35.5. The van der Waals surface area contributed by atoms with Crippen LogP contribution < -0.4 is 20.3 Å². The number of aromatic nitrogens is 2. The van der Waals surface area contributed by atoms with Gasteiger partial charge in [0.2, 0.25) is 18.4 Å². The second kappa shape index (κ2) is 11.7. The molecule has 1 aliphatic rings. The van der Waals surface area contributed by atoms with E-state index in [2.05, 4.69) is 5.10 Å². The van der Waals surface area contributed by atoms with Gasteiger partial charge >= 0.3 is 5.91 Å². The largest absolute Gasteiger partial charge is 0.503 e. The lowest BCUT2D eigenvalue weighted by Gasteiger charge is -2.46. The summed E-state index contributed by atoms with van der Waals surface area (Å²) in [7, 11) is 1.31. The number of aliphatic hydroxyl groups excluding tert-OH is 2. The molecule has 48 heavy (non-hydrogen) atoms. The molecule has 2 heterocycles. The number of fused-ring (bicyclic) bond motifs is 1. The van der Waals surface area contributed by atoms with Gasteiger partial charge in [-0.2, -0.15) is 5.10 Å². The second-order valence-corrected chi connectivity index (χ2v) is 10.1. The molecule has 4 rings (SSSR count). The topological polar surface area (TPSA) is 394 Å². The zero-order valence-corrected chi connectivity index (χ0v) is 23.9. The summed E-state index contributed by atoms with van der Waals surface area (Å²) in [5, 5.41) is 148. The molecule has 0 fully saturated rings. The van der Waals surface area contributed by atoms with E-state index in [0.29, 0.717) is 4.68 Å². The first-order chi connectivity index (χ1) is 22.0. The van der Waals surface area contributed by atoms with Crippen LogP contribution in [-0.2, 0) is 10.6 Å². The van der Waals surface area contributed by atoms with Crippen molar-refractivity contribution in [3.05, 3.63) is 41.2 Å². The highest BCUT2D eigenvalue weighted by Crippen LogP contribution is 2.59. The molecule has 1 aliphatic heterocycles. The molecule has 0 unspecified atom stereocenters. The molecule has 3 amide bonds. The predicted octanol–water partition coefficient (Wildman–Crippen LogP) is -6.13. The number of nitrogens with two attached hydrogens (primary N) is 1. The van der Waals surface area contributed by atoms with E-state index < -0.39 is 111 Å². The molecule has 260 valence electrons. The van der Waals surface area contributed by atoms with Crippen LogP contribution in [0.1, 0.15) is 26.5 Å². The van der Waals surface area contributed by atoms with E-state index in [0.717, 1.165) is 0 Å². The maximum Gasteiger partial charge on any atom is 0.315 e. The van der Waals surface area contributed by atoms with Crippen molar-refractivity contribution in [2.75, 3.05) is 23.5 Å². The van der Waals surface area contributed by atoms with Gasteiger partial charge in [0.25, 0.3) is 23.5 Å². The number of nitrogens with zero attached hydrogens (tertiary/aromatic N) is 4. The molecule has 23 nitrogen and oxygen atoms in total. The summed E-state index contributed by atoms with van der Waals surface area (Å²) in [6, 6.07) is 5.08. The summed E-state index contributed by atoms with van der Waals surface area (Å²) in [4.78, 5) is 37.7. The fourth-order valence-electron chi connectivity index (χ4n) is 4.72. The van der Waals surface area contributed by atoms with Gasteiger partial charge in [0, 0.05) is 0 Å². The maximum absolute atomic E-state index is 14.0. The number of methoxy groups -OCH3 is 1. The van der Waals surface area contributed by atoms with Crippen molar-refractivity contribution < 1.29 is 90.6 Å². The highest BCUT2D eigenvalue weighted by Gasteiger charge is 2.65. The number of carbonyl (C=O) groups excluding carboxylic acids is 3. The number of primary amides is 1. The zero-order chi connectivity index (χ0) is 36.4. The smallest absolute Gasteiger partial charge is 0.315 e. The van der Waals surface area contributed by atoms with Gasteiger partial charge in [-0.15, -0.1) is 0 Å². The van der Waals surface area contributed by atoms with Gasteiger partial charge in [0.15, 0.2) is 28.7 Å². The first-order valence-electron chi connectivity index (χ1n) is 12.8. The van der Waals surface area contributed by atoms with Crippen LogP contribution in [0.15, 0.2) is 24.3 Å². The summed E-state index contributed by atoms with van der Waals surface area (Å²) in [5.41, 5.74) is -1.74. The second-order valence-electron chi connectivity index (χ2n) is 10.1. The third kappa shape index (κ3) is 5.22. The molecular formula is C25H27N5O18. The van der Waals surface area contributed by atoms with Gasteiger partial charge in [-0.3, -0.25) is 19.3 Å². The Morgan fingerprint density at radius 3 is 1.92 bits per heavy atom. The maximum atomic E-state index is 14.0. The Kier molecular flexibility index (Phi) is 8.67. The highest BCUT2D eigenvalue weighted by molar-refractivity contribution is 6.13. The number of aromatic hydroxyl groups is 4. The number of ether oxygens (including phenoxy) is 1. The van der Waals surface area contributed by atoms with E-state index in [1.807, 2.05) is 0 Å². The number of phenols is 4. The van der Waals surface area contributed by atoms with E-state index in [1.165, 1.54) is 31.4 Å². The Balaban J connectivity index is 2.04. The number of benzene rings is 2. The van der Waals surface area contributed by atoms with E-state index in [1.54, 1.807) is 0 Å². The molecule has 0 aliphatic carbocycles. The lowest BCUT2D eigenvalue weighted by molar-refractivity contribution is -0.364. The summed E-state index contributed by atoms with van der Waals surface area (Å²) >= 11 is 0. The van der Waals surface area contributed by atoms with Crippen molar-refractivity contribution in [1.82, 2.24) is 9.78 Å². The molecule has 2 aromatic carbocycles. The van der Waals surface area contributed by atoms with Crippen LogP contribution in [0, 0.1) is 0 Å². The standard InChI is InChI=1S/C25H27N5O18/c1-48-8-4-2-7(3-5-8)30-11-9(10(27-30)18(26)35)24(44,45)25(46,47)29(19(11)36)13-16(33)14(31)12(15(32)17(13)34)28(20(37)21(38)39)6-23(42,43)22(40)41/h2-5,21-22,31-34,38-47H,6H2,1H3,(H2,26,35). The molecule has 0 atom stereocenters.